The van der Waals surface area contributed by atoms with Gasteiger partial charge in [-0.05, 0) is 42.5 Å². The number of nitrogens with one attached hydrogen (secondary N) is 1. The Morgan fingerprint density at radius 1 is 1.12 bits per heavy atom. The Morgan fingerprint density at radius 3 is 2.23 bits per heavy atom. The molecule has 0 atom stereocenters. The van der Waals surface area contributed by atoms with Crippen LogP contribution < -0.4 is 15.8 Å². The molecule has 0 saturated carbocycles. The summed E-state index contributed by atoms with van der Waals surface area (Å²) in [6.45, 7) is 4.34. The van der Waals surface area contributed by atoms with Crippen molar-refractivity contribution in [3.8, 4) is 5.75 Å². The molecule has 2 aromatic carbocycles. The maximum Gasteiger partial charge on any atom is 0.255 e. The third-order valence-corrected chi connectivity index (χ3v) is 6.01. The van der Waals surface area contributed by atoms with Crippen molar-refractivity contribution < 1.29 is 17.9 Å². The monoisotopic (exact) mass is 377 g/mol. The fourth-order valence-corrected chi connectivity index (χ4v) is 3.96. The summed E-state index contributed by atoms with van der Waals surface area (Å²) in [5.41, 5.74) is 7.10. The fraction of sp³-hybridized carbons (Fsp3) is 0.278. The van der Waals surface area contributed by atoms with Crippen molar-refractivity contribution in [2.75, 3.05) is 31.2 Å². The van der Waals surface area contributed by atoms with Gasteiger partial charge in [0, 0.05) is 24.3 Å². The summed E-state index contributed by atoms with van der Waals surface area (Å²) in [5.74, 6) is 0.162. The standard InChI is InChI=1S/C18H23N3O4S/c1-4-21(5-2)26(23,24)15-9-6-13(7-10-15)18(22)20-14-8-11-17(25-3)16(19)12-14/h6-12H,4-5,19H2,1-3H3,(H,20,22). The Morgan fingerprint density at radius 2 is 1.73 bits per heavy atom. The lowest BCUT2D eigenvalue weighted by Crippen LogP contribution is -2.30. The molecular formula is C18H23N3O4S. The van der Waals surface area contributed by atoms with Crippen LogP contribution in [0.15, 0.2) is 47.4 Å². The van der Waals surface area contributed by atoms with Gasteiger partial charge in [0.15, 0.2) is 0 Å². The zero-order valence-electron chi connectivity index (χ0n) is 15.0. The van der Waals surface area contributed by atoms with Crippen LogP contribution in [0.4, 0.5) is 11.4 Å². The number of nitrogens with two attached hydrogens (primary N) is 1. The second-order valence-electron chi connectivity index (χ2n) is 5.52. The van der Waals surface area contributed by atoms with E-state index in [1.165, 1.54) is 35.7 Å². The van der Waals surface area contributed by atoms with Gasteiger partial charge in [-0.15, -0.1) is 0 Å². The number of hydrogen-bond acceptors (Lipinski definition) is 5. The average molecular weight is 377 g/mol. The molecule has 140 valence electrons. The maximum absolute atomic E-state index is 12.5. The van der Waals surface area contributed by atoms with Crippen LogP contribution in [0.1, 0.15) is 24.2 Å². The number of methoxy groups -OCH3 is 1. The fourth-order valence-electron chi connectivity index (χ4n) is 2.51. The Balaban J connectivity index is 2.17. The predicted molar refractivity (Wildman–Crippen MR) is 102 cm³/mol. The molecule has 0 spiro atoms. The largest absolute Gasteiger partial charge is 0.495 e. The Kier molecular flexibility index (Phi) is 6.23. The third kappa shape index (κ3) is 4.14. The number of ether oxygens (including phenoxy) is 1. The van der Waals surface area contributed by atoms with Crippen LogP contribution in [0.25, 0.3) is 0 Å². The summed E-state index contributed by atoms with van der Waals surface area (Å²) in [6, 6.07) is 10.8. The first-order valence-corrected chi connectivity index (χ1v) is 9.62. The van der Waals surface area contributed by atoms with Crippen molar-refractivity contribution in [3.63, 3.8) is 0 Å². The molecule has 0 aromatic heterocycles. The minimum absolute atomic E-state index is 0.159. The average Bonchev–Trinajstić information content (AvgIpc) is 2.62. The summed E-state index contributed by atoms with van der Waals surface area (Å²) in [6.07, 6.45) is 0. The highest BCUT2D eigenvalue weighted by molar-refractivity contribution is 7.89. The smallest absolute Gasteiger partial charge is 0.255 e. The van der Waals surface area contributed by atoms with E-state index >= 15 is 0 Å². The molecule has 3 N–H and O–H groups in total. The lowest BCUT2D eigenvalue weighted by atomic mass is 10.2. The first-order valence-electron chi connectivity index (χ1n) is 8.18. The van der Waals surface area contributed by atoms with E-state index in [0.29, 0.717) is 35.8 Å². The number of sulfonamides is 1. The van der Waals surface area contributed by atoms with Crippen molar-refractivity contribution >= 4 is 27.3 Å². The third-order valence-electron chi connectivity index (χ3n) is 3.95. The minimum atomic E-state index is -3.54. The molecule has 2 rings (SSSR count). The molecule has 0 heterocycles. The predicted octanol–water partition coefficient (Wildman–Crippen LogP) is 2.56. The normalized spacial score (nSPS) is 11.4. The van der Waals surface area contributed by atoms with Gasteiger partial charge in [-0.3, -0.25) is 4.79 Å². The SMILES string of the molecule is CCN(CC)S(=O)(=O)c1ccc(C(=O)Nc2ccc(OC)c(N)c2)cc1. The zero-order valence-corrected chi connectivity index (χ0v) is 15.8. The number of rotatable bonds is 7. The van der Waals surface area contributed by atoms with Gasteiger partial charge in [0.2, 0.25) is 10.0 Å². The second kappa shape index (κ2) is 8.20. The number of nitrogen functional groups attached to an aromatic ring is 1. The first-order chi connectivity index (χ1) is 12.3. The molecule has 0 fully saturated rings. The molecule has 0 saturated heterocycles. The van der Waals surface area contributed by atoms with Crippen molar-refractivity contribution in [1.82, 2.24) is 4.31 Å². The number of hydrogen-bond donors (Lipinski definition) is 2. The molecule has 0 aliphatic rings. The van der Waals surface area contributed by atoms with E-state index in [2.05, 4.69) is 5.32 Å². The summed E-state index contributed by atoms with van der Waals surface area (Å²) in [4.78, 5) is 12.5. The summed E-state index contributed by atoms with van der Waals surface area (Å²) >= 11 is 0. The Bertz CT molecular complexity index is 876. The van der Waals surface area contributed by atoms with E-state index in [9.17, 15) is 13.2 Å². The highest BCUT2D eigenvalue weighted by atomic mass is 32.2. The zero-order chi connectivity index (χ0) is 19.3. The Labute approximate surface area is 153 Å². The Hall–Kier alpha value is -2.58. The lowest BCUT2D eigenvalue weighted by Gasteiger charge is -2.18. The van der Waals surface area contributed by atoms with Crippen molar-refractivity contribution in [2.24, 2.45) is 0 Å². The van der Waals surface area contributed by atoms with Gasteiger partial charge in [-0.2, -0.15) is 4.31 Å². The molecule has 7 nitrogen and oxygen atoms in total. The number of carbonyl (C=O) groups is 1. The quantitative estimate of drug-likeness (QED) is 0.722. The van der Waals surface area contributed by atoms with Gasteiger partial charge in [-0.1, -0.05) is 13.8 Å². The maximum atomic E-state index is 12.5. The van der Waals surface area contributed by atoms with Gasteiger partial charge >= 0.3 is 0 Å². The molecule has 0 unspecified atom stereocenters. The van der Waals surface area contributed by atoms with Crippen LogP contribution in [0.3, 0.4) is 0 Å². The summed E-state index contributed by atoms with van der Waals surface area (Å²) in [7, 11) is -2.03. The van der Waals surface area contributed by atoms with Crippen LogP contribution in [-0.4, -0.2) is 38.8 Å². The molecule has 2 aromatic rings. The van der Waals surface area contributed by atoms with Gasteiger partial charge < -0.3 is 15.8 Å². The van der Waals surface area contributed by atoms with Crippen LogP contribution >= 0.6 is 0 Å². The molecule has 0 aliphatic heterocycles. The van der Waals surface area contributed by atoms with Crippen LogP contribution in [0, 0.1) is 0 Å². The van der Waals surface area contributed by atoms with Crippen molar-refractivity contribution in [1.29, 1.82) is 0 Å². The van der Waals surface area contributed by atoms with Crippen molar-refractivity contribution in [2.45, 2.75) is 18.7 Å². The number of nitrogens with zero attached hydrogens (tertiary/aromatic N) is 1. The van der Waals surface area contributed by atoms with Gasteiger partial charge in [0.25, 0.3) is 5.91 Å². The first kappa shape index (κ1) is 19.7. The van der Waals surface area contributed by atoms with E-state index in [1.54, 1.807) is 32.0 Å². The number of anilines is 2. The number of benzene rings is 2. The van der Waals surface area contributed by atoms with Crippen LogP contribution in [0.5, 0.6) is 5.75 Å². The van der Waals surface area contributed by atoms with Gasteiger partial charge in [0.1, 0.15) is 5.75 Å². The molecule has 0 aliphatic carbocycles. The highest BCUT2D eigenvalue weighted by Gasteiger charge is 2.21. The van der Waals surface area contributed by atoms with E-state index in [4.69, 9.17) is 10.5 Å². The van der Waals surface area contributed by atoms with E-state index in [0.717, 1.165) is 0 Å². The molecule has 1 amide bonds. The highest BCUT2D eigenvalue weighted by Crippen LogP contribution is 2.25. The molecule has 26 heavy (non-hydrogen) atoms. The molecule has 0 bridgehead atoms. The molecule has 0 radical (unpaired) electrons. The summed E-state index contributed by atoms with van der Waals surface area (Å²) < 4.78 is 31.4. The van der Waals surface area contributed by atoms with Crippen LogP contribution in [0.2, 0.25) is 0 Å². The number of amides is 1. The molecular weight excluding hydrogens is 354 g/mol. The summed E-state index contributed by atoms with van der Waals surface area (Å²) in [5, 5.41) is 2.72. The lowest BCUT2D eigenvalue weighted by molar-refractivity contribution is 0.102. The second-order valence-corrected chi connectivity index (χ2v) is 7.46. The van der Waals surface area contributed by atoms with E-state index in [-0.39, 0.29) is 10.8 Å². The van der Waals surface area contributed by atoms with Gasteiger partial charge in [0.05, 0.1) is 17.7 Å². The minimum Gasteiger partial charge on any atom is -0.495 e. The number of carbonyl (C=O) groups excluding carboxylic acids is 1. The molecule has 8 heteroatoms. The topological polar surface area (TPSA) is 102 Å². The van der Waals surface area contributed by atoms with E-state index < -0.39 is 10.0 Å². The van der Waals surface area contributed by atoms with Gasteiger partial charge in [-0.25, -0.2) is 8.42 Å². The van der Waals surface area contributed by atoms with Crippen molar-refractivity contribution in [3.05, 3.63) is 48.0 Å². The van der Waals surface area contributed by atoms with E-state index in [1.807, 2.05) is 0 Å². The van der Waals surface area contributed by atoms with Crippen LogP contribution in [-0.2, 0) is 10.0 Å².